The van der Waals surface area contributed by atoms with E-state index >= 15 is 0 Å². The van der Waals surface area contributed by atoms with Crippen LogP contribution in [0.25, 0.3) is 11.5 Å². The first-order valence-electron chi connectivity index (χ1n) is 9.60. The maximum Gasteiger partial charge on any atom is 0.260 e. The second-order valence-electron chi connectivity index (χ2n) is 7.69. The predicted octanol–water partition coefficient (Wildman–Crippen LogP) is 2.30. The van der Waals surface area contributed by atoms with Gasteiger partial charge in [-0.25, -0.2) is 4.98 Å². The molecule has 0 unspecified atom stereocenters. The summed E-state index contributed by atoms with van der Waals surface area (Å²) in [4.78, 5) is 18.7. The van der Waals surface area contributed by atoms with Crippen LogP contribution in [0, 0.1) is 11.3 Å². The van der Waals surface area contributed by atoms with Crippen LogP contribution in [-0.2, 0) is 27.3 Å². The number of amides is 1. The van der Waals surface area contributed by atoms with Gasteiger partial charge in [-0.1, -0.05) is 0 Å². The van der Waals surface area contributed by atoms with Crippen LogP contribution < -0.4 is 4.74 Å². The minimum atomic E-state index is -0.415. The number of fused-ring (bicyclic) bond motifs is 1. The molecule has 1 amide bonds. The summed E-state index contributed by atoms with van der Waals surface area (Å²) in [6.45, 7) is 6.21. The van der Waals surface area contributed by atoms with E-state index in [0.717, 1.165) is 11.1 Å². The number of carbonyl (C=O) groups is 1. The molecule has 0 aliphatic carbocycles. The van der Waals surface area contributed by atoms with Gasteiger partial charge in [-0.2, -0.15) is 5.26 Å². The molecule has 2 aliphatic rings. The topological polar surface area (TPSA) is 97.8 Å². The fraction of sp³-hybridized carbons (Fsp3) is 0.476. The van der Waals surface area contributed by atoms with Gasteiger partial charge in [0, 0.05) is 25.1 Å². The number of nitrogens with zero attached hydrogens (tertiary/aromatic N) is 3. The molecule has 1 saturated heterocycles. The first kappa shape index (κ1) is 19.4. The van der Waals surface area contributed by atoms with E-state index in [1.54, 1.807) is 23.3 Å². The van der Waals surface area contributed by atoms with Crippen LogP contribution in [0.3, 0.4) is 0 Å². The number of aromatic nitrogens is 1. The third-order valence-electron chi connectivity index (χ3n) is 5.15. The fourth-order valence-electron chi connectivity index (χ4n) is 3.61. The summed E-state index contributed by atoms with van der Waals surface area (Å²) in [6.07, 6.45) is 2.10. The van der Waals surface area contributed by atoms with Gasteiger partial charge in [-0.3, -0.25) is 4.79 Å². The van der Waals surface area contributed by atoms with Gasteiger partial charge in [-0.15, -0.1) is 0 Å². The highest BCUT2D eigenvalue weighted by atomic mass is 16.5. The Morgan fingerprint density at radius 2 is 2.14 bits per heavy atom. The van der Waals surface area contributed by atoms with Gasteiger partial charge < -0.3 is 23.5 Å². The zero-order valence-electron chi connectivity index (χ0n) is 16.6. The minimum Gasteiger partial charge on any atom is -0.467 e. The molecule has 4 rings (SSSR count). The lowest BCUT2D eigenvalue weighted by atomic mass is 9.88. The molecule has 0 radical (unpaired) electrons. The van der Waals surface area contributed by atoms with E-state index in [1.165, 1.54) is 0 Å². The van der Waals surface area contributed by atoms with Crippen molar-refractivity contribution in [2.75, 3.05) is 32.9 Å². The molecule has 1 fully saturated rings. The number of morpholine rings is 1. The van der Waals surface area contributed by atoms with E-state index in [0.29, 0.717) is 56.3 Å². The third kappa shape index (κ3) is 3.97. The zero-order valence-corrected chi connectivity index (χ0v) is 16.6. The Kier molecular flexibility index (Phi) is 5.26. The maximum atomic E-state index is 12.5. The van der Waals surface area contributed by atoms with E-state index in [-0.39, 0.29) is 18.4 Å². The summed E-state index contributed by atoms with van der Waals surface area (Å²) in [6, 6.07) is 5.80. The Balaban J connectivity index is 1.68. The number of pyridine rings is 1. The number of furan rings is 1. The van der Waals surface area contributed by atoms with Crippen LogP contribution in [0.1, 0.15) is 30.5 Å². The van der Waals surface area contributed by atoms with E-state index in [1.807, 2.05) is 13.8 Å². The number of nitriles is 1. The second-order valence-corrected chi connectivity index (χ2v) is 7.69. The molecule has 0 spiro atoms. The smallest absolute Gasteiger partial charge is 0.260 e. The highest BCUT2D eigenvalue weighted by Gasteiger charge is 2.33. The van der Waals surface area contributed by atoms with Crippen LogP contribution in [0.2, 0.25) is 0 Å². The molecule has 8 heteroatoms. The Morgan fingerprint density at radius 3 is 2.83 bits per heavy atom. The first-order valence-corrected chi connectivity index (χ1v) is 9.60. The van der Waals surface area contributed by atoms with Gasteiger partial charge >= 0.3 is 0 Å². The largest absolute Gasteiger partial charge is 0.467 e. The summed E-state index contributed by atoms with van der Waals surface area (Å²) in [7, 11) is 0. The number of hydrogen-bond acceptors (Lipinski definition) is 7. The van der Waals surface area contributed by atoms with Crippen molar-refractivity contribution in [2.45, 2.75) is 32.5 Å². The molecule has 8 nitrogen and oxygen atoms in total. The number of rotatable bonds is 4. The zero-order chi connectivity index (χ0) is 20.4. The lowest BCUT2D eigenvalue weighted by Crippen LogP contribution is -2.43. The van der Waals surface area contributed by atoms with Crippen LogP contribution in [0.5, 0.6) is 5.88 Å². The van der Waals surface area contributed by atoms with E-state index in [9.17, 15) is 10.1 Å². The minimum absolute atomic E-state index is 0.150. The number of carbonyl (C=O) groups excluding carboxylic acids is 1. The molecular weight excluding hydrogens is 374 g/mol. The van der Waals surface area contributed by atoms with Crippen molar-refractivity contribution in [1.29, 1.82) is 5.26 Å². The van der Waals surface area contributed by atoms with Crippen molar-refractivity contribution in [3.63, 3.8) is 0 Å². The molecule has 29 heavy (non-hydrogen) atoms. The van der Waals surface area contributed by atoms with Crippen molar-refractivity contribution in [3.05, 3.63) is 35.1 Å². The second kappa shape index (κ2) is 7.85. The molecule has 2 aliphatic heterocycles. The van der Waals surface area contributed by atoms with Gasteiger partial charge in [0.15, 0.2) is 12.4 Å². The van der Waals surface area contributed by atoms with Crippen LogP contribution in [-0.4, -0.2) is 54.3 Å². The van der Waals surface area contributed by atoms with Crippen molar-refractivity contribution in [3.8, 4) is 23.4 Å². The summed E-state index contributed by atoms with van der Waals surface area (Å²) in [5, 5.41) is 9.83. The van der Waals surface area contributed by atoms with Crippen molar-refractivity contribution >= 4 is 5.91 Å². The van der Waals surface area contributed by atoms with Gasteiger partial charge in [0.2, 0.25) is 5.88 Å². The van der Waals surface area contributed by atoms with E-state index in [2.05, 4.69) is 11.1 Å². The monoisotopic (exact) mass is 397 g/mol. The summed E-state index contributed by atoms with van der Waals surface area (Å²) < 4.78 is 22.5. The standard InChI is InChI=1S/C21H23N3O5/c1-21(2)10-14-15(11-22)20(28-13-18(25)24-5-8-26-9-6-24)23-19(16(14)12-29-21)17-4-3-7-27-17/h3-4,7H,5-6,8-10,12-13H2,1-2H3. The first-order chi connectivity index (χ1) is 14.0. The number of ether oxygens (including phenoxy) is 3. The Labute approximate surface area is 169 Å². The van der Waals surface area contributed by atoms with Gasteiger partial charge in [0.1, 0.15) is 17.3 Å². The molecule has 152 valence electrons. The quantitative estimate of drug-likeness (QED) is 0.781. The molecule has 0 saturated carbocycles. The average Bonchev–Trinajstić information content (AvgIpc) is 3.25. The van der Waals surface area contributed by atoms with E-state index < -0.39 is 5.60 Å². The van der Waals surface area contributed by atoms with Crippen molar-refractivity contribution in [2.24, 2.45) is 0 Å². The Bertz CT molecular complexity index is 940. The summed E-state index contributed by atoms with van der Waals surface area (Å²) in [5.74, 6) is 0.565. The van der Waals surface area contributed by atoms with Gasteiger partial charge in [0.25, 0.3) is 5.91 Å². The maximum absolute atomic E-state index is 12.5. The molecule has 0 bridgehead atoms. The average molecular weight is 397 g/mol. The van der Waals surface area contributed by atoms with Gasteiger partial charge in [0.05, 0.1) is 31.7 Å². The lowest BCUT2D eigenvalue weighted by molar-refractivity contribution is -0.137. The highest BCUT2D eigenvalue weighted by molar-refractivity contribution is 5.78. The molecular formula is C21H23N3O5. The van der Waals surface area contributed by atoms with Crippen LogP contribution in [0.4, 0.5) is 0 Å². The summed E-state index contributed by atoms with van der Waals surface area (Å²) >= 11 is 0. The third-order valence-corrected chi connectivity index (χ3v) is 5.15. The number of hydrogen-bond donors (Lipinski definition) is 0. The highest BCUT2D eigenvalue weighted by Crippen LogP contribution is 2.38. The Hall–Kier alpha value is -2.89. The predicted molar refractivity (Wildman–Crippen MR) is 102 cm³/mol. The molecule has 4 heterocycles. The fourth-order valence-corrected chi connectivity index (χ4v) is 3.61. The van der Waals surface area contributed by atoms with Crippen molar-refractivity contribution < 1.29 is 23.4 Å². The molecule has 0 N–H and O–H groups in total. The van der Waals surface area contributed by atoms with Crippen LogP contribution in [0.15, 0.2) is 22.8 Å². The van der Waals surface area contributed by atoms with Gasteiger partial charge in [-0.05, 0) is 31.5 Å². The van der Waals surface area contributed by atoms with Crippen LogP contribution >= 0.6 is 0 Å². The molecule has 0 aromatic carbocycles. The van der Waals surface area contributed by atoms with Crippen molar-refractivity contribution in [1.82, 2.24) is 9.88 Å². The van der Waals surface area contributed by atoms with E-state index in [4.69, 9.17) is 18.6 Å². The SMILES string of the molecule is CC1(C)Cc2c(C#N)c(OCC(=O)N3CCOCC3)nc(-c3ccco3)c2CO1. The lowest BCUT2D eigenvalue weighted by Gasteiger charge is -2.33. The molecule has 2 aromatic rings. The summed E-state index contributed by atoms with van der Waals surface area (Å²) in [5.41, 5.74) is 2.16. The molecule has 0 atom stereocenters. The normalized spacial score (nSPS) is 18.0. The Morgan fingerprint density at radius 1 is 1.34 bits per heavy atom. The molecule has 2 aromatic heterocycles.